The molecule has 1 aliphatic rings. The Kier molecular flexibility index (Phi) is 3.83. The SMILES string of the molecule is COc1ccc2c(ccn2CC(=O)NC2(C)CCS(=O)(=O)C2)c1. The van der Waals surface area contributed by atoms with Gasteiger partial charge in [0.1, 0.15) is 12.3 Å². The number of rotatable bonds is 4. The Morgan fingerprint density at radius 2 is 2.17 bits per heavy atom. The van der Waals surface area contributed by atoms with Crippen molar-refractivity contribution in [3.63, 3.8) is 0 Å². The largest absolute Gasteiger partial charge is 0.497 e. The number of hydrogen-bond donors (Lipinski definition) is 1. The lowest BCUT2D eigenvalue weighted by Crippen LogP contribution is -2.48. The Hall–Kier alpha value is -2.02. The molecule has 1 fully saturated rings. The van der Waals surface area contributed by atoms with Crippen molar-refractivity contribution >= 4 is 26.6 Å². The molecule has 0 aliphatic carbocycles. The Morgan fingerprint density at radius 3 is 2.83 bits per heavy atom. The van der Waals surface area contributed by atoms with E-state index >= 15 is 0 Å². The van der Waals surface area contributed by atoms with Crippen molar-refractivity contribution in [3.05, 3.63) is 30.5 Å². The summed E-state index contributed by atoms with van der Waals surface area (Å²) in [6.07, 6.45) is 2.31. The maximum atomic E-state index is 12.3. The van der Waals surface area contributed by atoms with Crippen molar-refractivity contribution in [2.45, 2.75) is 25.4 Å². The third-order valence-corrected chi connectivity index (χ3v) is 6.14. The van der Waals surface area contributed by atoms with Crippen LogP contribution in [0.2, 0.25) is 0 Å². The van der Waals surface area contributed by atoms with E-state index in [2.05, 4.69) is 5.32 Å². The molecule has 124 valence electrons. The highest BCUT2D eigenvalue weighted by molar-refractivity contribution is 7.91. The first-order valence-corrected chi connectivity index (χ1v) is 9.27. The number of carbonyl (C=O) groups is 1. The summed E-state index contributed by atoms with van der Waals surface area (Å²) in [5.41, 5.74) is 0.271. The van der Waals surface area contributed by atoms with Crippen LogP contribution < -0.4 is 10.1 Å². The van der Waals surface area contributed by atoms with Gasteiger partial charge in [0.25, 0.3) is 0 Å². The number of methoxy groups -OCH3 is 1. The van der Waals surface area contributed by atoms with Crippen molar-refractivity contribution in [3.8, 4) is 5.75 Å². The van der Waals surface area contributed by atoms with E-state index in [0.29, 0.717) is 6.42 Å². The molecule has 1 N–H and O–H groups in total. The van der Waals surface area contributed by atoms with Crippen molar-refractivity contribution in [2.24, 2.45) is 0 Å². The van der Waals surface area contributed by atoms with Crippen LogP contribution in [-0.2, 0) is 21.2 Å². The number of benzene rings is 1. The van der Waals surface area contributed by atoms with Gasteiger partial charge < -0.3 is 14.6 Å². The van der Waals surface area contributed by atoms with Crippen LogP contribution in [0.3, 0.4) is 0 Å². The Labute approximate surface area is 135 Å². The lowest BCUT2D eigenvalue weighted by atomic mass is 10.0. The van der Waals surface area contributed by atoms with E-state index < -0.39 is 15.4 Å². The first-order chi connectivity index (χ1) is 10.8. The molecular weight excluding hydrogens is 316 g/mol. The predicted molar refractivity (Wildman–Crippen MR) is 88.3 cm³/mol. The molecule has 1 amide bonds. The van der Waals surface area contributed by atoms with Crippen LogP contribution in [-0.4, -0.2) is 43.0 Å². The number of nitrogens with one attached hydrogen (secondary N) is 1. The van der Waals surface area contributed by atoms with Crippen molar-refractivity contribution in [1.29, 1.82) is 0 Å². The number of fused-ring (bicyclic) bond motifs is 1. The van der Waals surface area contributed by atoms with Gasteiger partial charge >= 0.3 is 0 Å². The molecule has 6 nitrogen and oxygen atoms in total. The lowest BCUT2D eigenvalue weighted by molar-refractivity contribution is -0.123. The Balaban J connectivity index is 1.73. The summed E-state index contributed by atoms with van der Waals surface area (Å²) in [6.45, 7) is 1.94. The van der Waals surface area contributed by atoms with E-state index in [9.17, 15) is 13.2 Å². The summed E-state index contributed by atoms with van der Waals surface area (Å²) in [5.74, 6) is 0.729. The Bertz CT molecular complexity index is 856. The number of hydrogen-bond acceptors (Lipinski definition) is 4. The average Bonchev–Trinajstić information content (AvgIpc) is 2.99. The highest BCUT2D eigenvalue weighted by atomic mass is 32.2. The molecule has 1 aromatic carbocycles. The molecule has 1 atom stereocenters. The van der Waals surface area contributed by atoms with Gasteiger partial charge in [-0.05, 0) is 37.6 Å². The summed E-state index contributed by atoms with van der Waals surface area (Å²) >= 11 is 0. The standard InChI is InChI=1S/C16H20N2O4S/c1-16(6-8-23(20,21)11-16)17-15(19)10-18-7-5-12-9-13(22-2)3-4-14(12)18/h3-5,7,9H,6,8,10-11H2,1-2H3,(H,17,19). The third kappa shape index (κ3) is 3.34. The van der Waals surface area contributed by atoms with Gasteiger partial charge in [0, 0.05) is 17.1 Å². The molecule has 2 aromatic rings. The number of aromatic nitrogens is 1. The van der Waals surface area contributed by atoms with Crippen LogP contribution in [0.1, 0.15) is 13.3 Å². The van der Waals surface area contributed by atoms with Crippen molar-refractivity contribution in [2.75, 3.05) is 18.6 Å². The normalized spacial score (nSPS) is 23.0. The fourth-order valence-corrected chi connectivity index (χ4v) is 5.18. The van der Waals surface area contributed by atoms with E-state index in [1.54, 1.807) is 14.0 Å². The molecule has 0 saturated carbocycles. The van der Waals surface area contributed by atoms with Gasteiger partial charge in [0.05, 0.1) is 24.2 Å². The molecule has 1 aromatic heterocycles. The maximum absolute atomic E-state index is 12.3. The molecule has 0 bridgehead atoms. The smallest absolute Gasteiger partial charge is 0.240 e. The monoisotopic (exact) mass is 336 g/mol. The summed E-state index contributed by atoms with van der Waals surface area (Å²) in [5, 5.41) is 3.87. The van der Waals surface area contributed by atoms with Gasteiger partial charge in [0.2, 0.25) is 5.91 Å². The van der Waals surface area contributed by atoms with E-state index in [0.717, 1.165) is 16.7 Å². The van der Waals surface area contributed by atoms with Gasteiger partial charge in [0.15, 0.2) is 9.84 Å². The minimum atomic E-state index is -3.04. The highest BCUT2D eigenvalue weighted by Gasteiger charge is 2.39. The van der Waals surface area contributed by atoms with Crippen LogP contribution in [0, 0.1) is 0 Å². The second kappa shape index (κ2) is 5.56. The molecular formula is C16H20N2O4S. The van der Waals surface area contributed by atoms with E-state index in [-0.39, 0.29) is 24.0 Å². The van der Waals surface area contributed by atoms with Crippen LogP contribution in [0.25, 0.3) is 10.9 Å². The molecule has 1 aliphatic heterocycles. The van der Waals surface area contributed by atoms with Gasteiger partial charge in [-0.15, -0.1) is 0 Å². The number of ether oxygens (including phenoxy) is 1. The quantitative estimate of drug-likeness (QED) is 0.914. The second-order valence-corrected chi connectivity index (χ2v) is 8.50. The van der Waals surface area contributed by atoms with Gasteiger partial charge in [-0.1, -0.05) is 0 Å². The number of amides is 1. The maximum Gasteiger partial charge on any atom is 0.240 e. The van der Waals surface area contributed by atoms with Gasteiger partial charge in [-0.25, -0.2) is 8.42 Å². The highest BCUT2D eigenvalue weighted by Crippen LogP contribution is 2.24. The first kappa shape index (κ1) is 15.9. The van der Waals surface area contributed by atoms with E-state index in [4.69, 9.17) is 4.74 Å². The predicted octanol–water partition coefficient (Wildman–Crippen LogP) is 1.34. The zero-order chi connectivity index (χ0) is 16.7. The molecule has 1 unspecified atom stereocenters. The molecule has 0 spiro atoms. The topological polar surface area (TPSA) is 77.4 Å². The molecule has 3 rings (SSSR count). The summed E-state index contributed by atoms with van der Waals surface area (Å²) < 4.78 is 30.3. The number of sulfone groups is 1. The lowest BCUT2D eigenvalue weighted by Gasteiger charge is -2.24. The fraction of sp³-hybridized carbons (Fsp3) is 0.438. The number of carbonyl (C=O) groups excluding carboxylic acids is 1. The molecule has 2 heterocycles. The van der Waals surface area contributed by atoms with E-state index in [1.165, 1.54) is 0 Å². The van der Waals surface area contributed by atoms with Crippen molar-refractivity contribution in [1.82, 2.24) is 9.88 Å². The zero-order valence-corrected chi connectivity index (χ0v) is 14.0. The summed E-state index contributed by atoms with van der Waals surface area (Å²) in [7, 11) is -1.43. The first-order valence-electron chi connectivity index (χ1n) is 7.45. The Morgan fingerprint density at radius 1 is 1.39 bits per heavy atom. The number of nitrogens with zero attached hydrogens (tertiary/aromatic N) is 1. The average molecular weight is 336 g/mol. The molecule has 1 saturated heterocycles. The van der Waals surface area contributed by atoms with Gasteiger partial charge in [-0.3, -0.25) is 4.79 Å². The van der Waals surface area contributed by atoms with Crippen LogP contribution in [0.4, 0.5) is 0 Å². The van der Waals surface area contributed by atoms with Crippen molar-refractivity contribution < 1.29 is 17.9 Å². The molecule has 7 heteroatoms. The fourth-order valence-electron chi connectivity index (χ4n) is 3.08. The van der Waals surface area contributed by atoms with Crippen LogP contribution in [0.15, 0.2) is 30.5 Å². The van der Waals surface area contributed by atoms with Crippen LogP contribution >= 0.6 is 0 Å². The van der Waals surface area contributed by atoms with Gasteiger partial charge in [-0.2, -0.15) is 0 Å². The van der Waals surface area contributed by atoms with Crippen LogP contribution in [0.5, 0.6) is 5.75 Å². The zero-order valence-electron chi connectivity index (χ0n) is 13.2. The third-order valence-electron chi connectivity index (χ3n) is 4.24. The molecule has 0 radical (unpaired) electrons. The summed E-state index contributed by atoms with van der Waals surface area (Å²) in [4.78, 5) is 12.3. The van der Waals surface area contributed by atoms with E-state index in [1.807, 2.05) is 35.0 Å². The second-order valence-electron chi connectivity index (χ2n) is 6.32. The summed E-state index contributed by atoms with van der Waals surface area (Å²) in [6, 6.07) is 7.59. The minimum Gasteiger partial charge on any atom is -0.497 e. The minimum absolute atomic E-state index is 0.00929. The molecule has 23 heavy (non-hydrogen) atoms.